The molecule has 84 valence electrons. The van der Waals surface area contributed by atoms with Crippen LogP contribution in [-0.4, -0.2) is 31.3 Å². The van der Waals surface area contributed by atoms with Crippen LogP contribution in [0.3, 0.4) is 0 Å². The Morgan fingerprint density at radius 2 is 1.64 bits per heavy atom. The molecule has 0 bridgehead atoms. The average molecular weight is 250 g/mol. The van der Waals surface area contributed by atoms with E-state index in [-0.39, 0.29) is 26.4 Å². The SMILES string of the molecule is O[PH]1(F)OCC2(COP(F)OC2)CO1. The van der Waals surface area contributed by atoms with E-state index in [0.29, 0.717) is 0 Å². The minimum atomic E-state index is -4.42. The minimum absolute atomic E-state index is 0.0552. The number of hydrogen-bond donors (Lipinski definition) is 1. The molecule has 5 nitrogen and oxygen atoms in total. The van der Waals surface area contributed by atoms with Crippen LogP contribution < -0.4 is 0 Å². The monoisotopic (exact) mass is 250 g/mol. The molecule has 1 spiro atoms. The van der Waals surface area contributed by atoms with Crippen molar-refractivity contribution < 1.29 is 31.4 Å². The van der Waals surface area contributed by atoms with Gasteiger partial charge in [-0.3, -0.25) is 0 Å². The Hall–Kier alpha value is 0.520. The fourth-order valence-corrected chi connectivity index (χ4v) is 3.07. The summed E-state index contributed by atoms with van der Waals surface area (Å²) in [4.78, 5) is 8.82. The Bertz CT molecular complexity index is 208. The predicted octanol–water partition coefficient (Wildman–Crippen LogP) is 1.63. The molecule has 0 aliphatic carbocycles. The molecule has 0 aromatic heterocycles. The maximum absolute atomic E-state index is 12.8. The third-order valence-electron chi connectivity index (χ3n) is 2.06. The second kappa shape index (κ2) is 3.83. The van der Waals surface area contributed by atoms with Gasteiger partial charge in [0.15, 0.2) is 0 Å². The summed E-state index contributed by atoms with van der Waals surface area (Å²) >= 11 is 0. The molecule has 2 heterocycles. The standard InChI is InChI=1S/C5H10F2O5P2/c6-13-9-1-5(2-10-13)3-11-14(7,8)12-4-5/h8,14H,1-4H2. The summed E-state index contributed by atoms with van der Waals surface area (Å²) < 4.78 is 43.7. The Labute approximate surface area is 81.0 Å². The van der Waals surface area contributed by atoms with Crippen molar-refractivity contribution >= 4 is 16.9 Å². The molecule has 2 rings (SSSR count). The van der Waals surface area contributed by atoms with Crippen LogP contribution in [0.5, 0.6) is 0 Å². The van der Waals surface area contributed by atoms with Crippen molar-refractivity contribution in [2.45, 2.75) is 0 Å². The summed E-state index contributed by atoms with van der Waals surface area (Å²) in [7, 11) is -6.74. The van der Waals surface area contributed by atoms with E-state index in [1.807, 2.05) is 0 Å². The van der Waals surface area contributed by atoms with Gasteiger partial charge in [-0.2, -0.15) is 0 Å². The molecular formula is C5H10F2O5P2. The van der Waals surface area contributed by atoms with Gasteiger partial charge in [-0.15, -0.1) is 0 Å². The van der Waals surface area contributed by atoms with Crippen molar-refractivity contribution in [3.8, 4) is 0 Å². The molecule has 1 N–H and O–H groups in total. The molecule has 0 saturated carbocycles. The normalized spacial score (nSPS) is 44.9. The molecular weight excluding hydrogens is 240 g/mol. The van der Waals surface area contributed by atoms with Crippen molar-refractivity contribution in [1.82, 2.24) is 0 Å². The molecule has 2 fully saturated rings. The molecule has 2 saturated heterocycles. The first kappa shape index (κ1) is 11.0. The summed E-state index contributed by atoms with van der Waals surface area (Å²) in [6, 6.07) is 0. The van der Waals surface area contributed by atoms with Crippen LogP contribution in [0.1, 0.15) is 0 Å². The average Bonchev–Trinajstić information content (AvgIpc) is 2.16. The van der Waals surface area contributed by atoms with Crippen LogP contribution in [0.4, 0.5) is 8.39 Å². The van der Waals surface area contributed by atoms with Gasteiger partial charge in [0.1, 0.15) is 0 Å². The van der Waals surface area contributed by atoms with Gasteiger partial charge in [0.05, 0.1) is 0 Å². The molecule has 2 aliphatic heterocycles. The van der Waals surface area contributed by atoms with E-state index in [4.69, 9.17) is 4.89 Å². The molecule has 0 aromatic carbocycles. The summed E-state index contributed by atoms with van der Waals surface area (Å²) in [5.41, 5.74) is -0.684. The van der Waals surface area contributed by atoms with E-state index in [1.165, 1.54) is 0 Å². The van der Waals surface area contributed by atoms with E-state index >= 15 is 0 Å². The van der Waals surface area contributed by atoms with Crippen molar-refractivity contribution in [3.63, 3.8) is 0 Å². The van der Waals surface area contributed by atoms with Crippen LogP contribution in [0.25, 0.3) is 0 Å². The van der Waals surface area contributed by atoms with Crippen LogP contribution in [0, 0.1) is 5.41 Å². The quantitative estimate of drug-likeness (QED) is 0.662. The van der Waals surface area contributed by atoms with Crippen molar-refractivity contribution in [2.24, 2.45) is 5.41 Å². The Balaban J connectivity index is 1.93. The van der Waals surface area contributed by atoms with Gasteiger partial charge in [-0.1, -0.05) is 0 Å². The summed E-state index contributed by atoms with van der Waals surface area (Å²) in [5.74, 6) is 0. The Morgan fingerprint density at radius 3 is 2.14 bits per heavy atom. The molecule has 14 heavy (non-hydrogen) atoms. The van der Waals surface area contributed by atoms with Crippen LogP contribution in [-0.2, 0) is 18.1 Å². The zero-order chi connectivity index (χ0) is 10.2. The predicted molar refractivity (Wildman–Crippen MR) is 45.9 cm³/mol. The number of hydrogen-bond acceptors (Lipinski definition) is 5. The number of halogens is 2. The van der Waals surface area contributed by atoms with Gasteiger partial charge in [-0.25, -0.2) is 0 Å². The molecule has 0 aromatic rings. The van der Waals surface area contributed by atoms with E-state index < -0.39 is 22.4 Å². The van der Waals surface area contributed by atoms with Crippen LogP contribution in [0.15, 0.2) is 0 Å². The van der Waals surface area contributed by atoms with E-state index in [9.17, 15) is 8.39 Å². The van der Waals surface area contributed by atoms with Crippen molar-refractivity contribution in [3.05, 3.63) is 0 Å². The second-order valence-corrected chi connectivity index (χ2v) is 5.87. The molecule has 0 radical (unpaired) electrons. The first-order valence-electron chi connectivity index (χ1n) is 3.92. The van der Waals surface area contributed by atoms with Gasteiger partial charge < -0.3 is 0 Å². The van der Waals surface area contributed by atoms with Crippen LogP contribution in [0.2, 0.25) is 0 Å². The first-order chi connectivity index (χ1) is 6.52. The van der Waals surface area contributed by atoms with Gasteiger partial charge in [0.25, 0.3) is 0 Å². The molecule has 9 heteroatoms. The summed E-state index contributed by atoms with van der Waals surface area (Å²) in [6.07, 6.45) is 0. The van der Waals surface area contributed by atoms with Crippen LogP contribution >= 0.6 is 16.9 Å². The van der Waals surface area contributed by atoms with Gasteiger partial charge in [-0.05, 0) is 0 Å². The van der Waals surface area contributed by atoms with E-state index in [1.54, 1.807) is 0 Å². The van der Waals surface area contributed by atoms with E-state index in [2.05, 4.69) is 18.1 Å². The third kappa shape index (κ3) is 2.36. The summed E-state index contributed by atoms with van der Waals surface area (Å²) in [6.45, 7) is -0.0375. The van der Waals surface area contributed by atoms with Crippen molar-refractivity contribution in [2.75, 3.05) is 26.4 Å². The maximum atomic E-state index is 12.8. The second-order valence-electron chi connectivity index (χ2n) is 3.34. The van der Waals surface area contributed by atoms with Gasteiger partial charge in [0, 0.05) is 0 Å². The molecule has 0 atom stereocenters. The topological polar surface area (TPSA) is 57.2 Å². The first-order valence-corrected chi connectivity index (χ1v) is 6.63. The molecule has 2 aliphatic rings. The van der Waals surface area contributed by atoms with Gasteiger partial charge >= 0.3 is 80.2 Å². The zero-order valence-electron chi connectivity index (χ0n) is 7.11. The summed E-state index contributed by atoms with van der Waals surface area (Å²) in [5, 5.41) is 0. The van der Waals surface area contributed by atoms with E-state index in [0.717, 1.165) is 0 Å². The fraction of sp³-hybridized carbons (Fsp3) is 1.00. The molecule has 0 unspecified atom stereocenters. The Kier molecular flexibility index (Phi) is 3.02. The zero-order valence-corrected chi connectivity index (χ0v) is 9.01. The Morgan fingerprint density at radius 1 is 1.14 bits per heavy atom. The fourth-order valence-electron chi connectivity index (χ4n) is 1.19. The third-order valence-corrected chi connectivity index (χ3v) is 3.72. The van der Waals surface area contributed by atoms with Crippen molar-refractivity contribution in [1.29, 1.82) is 0 Å². The molecule has 0 amide bonds. The van der Waals surface area contributed by atoms with Gasteiger partial charge in [0.2, 0.25) is 0 Å². The number of rotatable bonds is 0.